The first kappa shape index (κ1) is 15.3. The summed E-state index contributed by atoms with van der Waals surface area (Å²) in [5.74, 6) is 0.00938. The molecule has 0 aromatic rings. The van der Waals surface area contributed by atoms with Crippen LogP contribution in [0.2, 0.25) is 0 Å². The van der Waals surface area contributed by atoms with Crippen molar-refractivity contribution in [1.82, 2.24) is 15.1 Å². The van der Waals surface area contributed by atoms with Gasteiger partial charge in [0, 0.05) is 38.1 Å². The maximum atomic E-state index is 12.8. The highest BCUT2D eigenvalue weighted by atomic mass is 16.2. The summed E-state index contributed by atoms with van der Waals surface area (Å²) in [6.07, 6.45) is 5.48. The van der Waals surface area contributed by atoms with Crippen molar-refractivity contribution in [3.8, 4) is 0 Å². The van der Waals surface area contributed by atoms with Crippen molar-refractivity contribution < 1.29 is 9.59 Å². The molecule has 2 rings (SSSR count). The van der Waals surface area contributed by atoms with Gasteiger partial charge < -0.3 is 10.2 Å². The van der Waals surface area contributed by atoms with Crippen molar-refractivity contribution in [2.45, 2.75) is 64.5 Å². The zero-order chi connectivity index (χ0) is 14.5. The number of amides is 3. The molecule has 1 heterocycles. The summed E-state index contributed by atoms with van der Waals surface area (Å²) in [6.45, 7) is 6.36. The van der Waals surface area contributed by atoms with E-state index in [4.69, 9.17) is 0 Å². The summed E-state index contributed by atoms with van der Waals surface area (Å²) >= 11 is 0. The molecule has 0 radical (unpaired) electrons. The quantitative estimate of drug-likeness (QED) is 0.860. The number of rotatable bonds is 3. The molecule has 0 bridgehead atoms. The second-order valence-electron chi connectivity index (χ2n) is 5.98. The molecule has 20 heavy (non-hydrogen) atoms. The predicted octanol–water partition coefficient (Wildman–Crippen LogP) is 1.97. The minimum absolute atomic E-state index is 0.00938. The number of imide groups is 1. The smallest absolute Gasteiger partial charge is 0.319 e. The van der Waals surface area contributed by atoms with Crippen LogP contribution < -0.4 is 5.32 Å². The average Bonchev–Trinajstić information content (AvgIpc) is 2.93. The van der Waals surface area contributed by atoms with Crippen molar-refractivity contribution in [3.05, 3.63) is 0 Å². The van der Waals surface area contributed by atoms with E-state index in [1.807, 2.05) is 18.7 Å². The molecule has 5 heteroatoms. The van der Waals surface area contributed by atoms with Crippen molar-refractivity contribution in [1.29, 1.82) is 0 Å². The molecule has 3 amide bonds. The molecule has 114 valence electrons. The van der Waals surface area contributed by atoms with Crippen molar-refractivity contribution in [2.75, 3.05) is 19.6 Å². The van der Waals surface area contributed by atoms with E-state index in [1.165, 1.54) is 0 Å². The molecule has 2 fully saturated rings. The SMILES string of the molecule is CCCC(=O)N(C(=O)N1CCNCC1C)C1CCCC1. The van der Waals surface area contributed by atoms with Crippen LogP contribution in [0.15, 0.2) is 0 Å². The number of hydrogen-bond acceptors (Lipinski definition) is 3. The Labute approximate surface area is 121 Å². The summed E-state index contributed by atoms with van der Waals surface area (Å²) in [5, 5.41) is 3.28. The maximum Gasteiger partial charge on any atom is 0.327 e. The molecule has 0 spiro atoms. The van der Waals surface area contributed by atoms with E-state index in [2.05, 4.69) is 5.32 Å². The van der Waals surface area contributed by atoms with E-state index in [9.17, 15) is 9.59 Å². The van der Waals surface area contributed by atoms with Crippen LogP contribution in [-0.2, 0) is 4.79 Å². The fourth-order valence-electron chi connectivity index (χ4n) is 3.23. The van der Waals surface area contributed by atoms with Gasteiger partial charge in [-0.05, 0) is 26.2 Å². The first-order valence-corrected chi connectivity index (χ1v) is 7.98. The molecule has 1 aliphatic heterocycles. The number of hydrogen-bond donors (Lipinski definition) is 1. The molecule has 1 saturated carbocycles. The fraction of sp³-hybridized carbons (Fsp3) is 0.867. The van der Waals surface area contributed by atoms with Crippen LogP contribution in [0, 0.1) is 0 Å². The third-order valence-electron chi connectivity index (χ3n) is 4.38. The number of nitrogens with one attached hydrogen (secondary N) is 1. The second kappa shape index (κ2) is 7.07. The lowest BCUT2D eigenvalue weighted by molar-refractivity contribution is -0.130. The summed E-state index contributed by atoms with van der Waals surface area (Å²) < 4.78 is 0. The Balaban J connectivity index is 2.11. The van der Waals surface area contributed by atoms with Gasteiger partial charge in [-0.1, -0.05) is 19.8 Å². The number of urea groups is 1. The van der Waals surface area contributed by atoms with Gasteiger partial charge in [-0.25, -0.2) is 4.79 Å². The van der Waals surface area contributed by atoms with Crippen LogP contribution in [-0.4, -0.2) is 53.5 Å². The van der Waals surface area contributed by atoms with E-state index < -0.39 is 0 Å². The van der Waals surface area contributed by atoms with Crippen molar-refractivity contribution in [2.24, 2.45) is 0 Å². The van der Waals surface area contributed by atoms with Gasteiger partial charge in [0.2, 0.25) is 5.91 Å². The lowest BCUT2D eigenvalue weighted by Crippen LogP contribution is -2.58. The standard InChI is InChI=1S/C15H27N3O2/c1-3-6-14(19)18(13-7-4-5-8-13)15(20)17-10-9-16-11-12(17)2/h12-13,16H,3-11H2,1-2H3. The average molecular weight is 281 g/mol. The predicted molar refractivity (Wildman–Crippen MR) is 78.4 cm³/mol. The van der Waals surface area contributed by atoms with Gasteiger partial charge in [0.1, 0.15) is 0 Å². The fourth-order valence-corrected chi connectivity index (χ4v) is 3.23. The second-order valence-corrected chi connectivity index (χ2v) is 5.98. The van der Waals surface area contributed by atoms with E-state index in [0.717, 1.165) is 45.2 Å². The highest BCUT2D eigenvalue weighted by molar-refractivity contribution is 5.95. The highest BCUT2D eigenvalue weighted by Gasteiger charge is 2.36. The number of carbonyl (C=O) groups excluding carboxylic acids is 2. The Bertz CT molecular complexity index is 353. The molecule has 2 aliphatic rings. The number of carbonyl (C=O) groups is 2. The molecular formula is C15H27N3O2. The molecular weight excluding hydrogens is 254 g/mol. The summed E-state index contributed by atoms with van der Waals surface area (Å²) in [6, 6.07) is 0.225. The first-order chi connectivity index (χ1) is 9.65. The van der Waals surface area contributed by atoms with Gasteiger partial charge in [-0.15, -0.1) is 0 Å². The van der Waals surface area contributed by atoms with E-state index in [-0.39, 0.29) is 24.0 Å². The van der Waals surface area contributed by atoms with Crippen molar-refractivity contribution >= 4 is 11.9 Å². The van der Waals surface area contributed by atoms with Crippen LogP contribution in [0.25, 0.3) is 0 Å². The molecule has 1 atom stereocenters. The Kier molecular flexibility index (Phi) is 5.40. The molecule has 1 unspecified atom stereocenters. The minimum Gasteiger partial charge on any atom is -0.319 e. The Morgan fingerprint density at radius 2 is 2.00 bits per heavy atom. The molecule has 0 aromatic heterocycles. The number of nitrogens with zero attached hydrogens (tertiary/aromatic N) is 2. The summed E-state index contributed by atoms with van der Waals surface area (Å²) in [5.41, 5.74) is 0. The molecule has 1 saturated heterocycles. The van der Waals surface area contributed by atoms with Crippen LogP contribution in [0.4, 0.5) is 4.79 Å². The minimum atomic E-state index is -0.0654. The first-order valence-electron chi connectivity index (χ1n) is 7.98. The lowest BCUT2D eigenvalue weighted by Gasteiger charge is -2.39. The highest BCUT2D eigenvalue weighted by Crippen LogP contribution is 2.26. The van der Waals surface area contributed by atoms with Gasteiger partial charge in [0.05, 0.1) is 0 Å². The monoisotopic (exact) mass is 281 g/mol. The van der Waals surface area contributed by atoms with Crippen LogP contribution >= 0.6 is 0 Å². The lowest BCUT2D eigenvalue weighted by atomic mass is 10.1. The van der Waals surface area contributed by atoms with Gasteiger partial charge >= 0.3 is 6.03 Å². The van der Waals surface area contributed by atoms with E-state index in [0.29, 0.717) is 13.0 Å². The summed E-state index contributed by atoms with van der Waals surface area (Å²) in [4.78, 5) is 28.6. The zero-order valence-corrected chi connectivity index (χ0v) is 12.7. The van der Waals surface area contributed by atoms with Crippen molar-refractivity contribution in [3.63, 3.8) is 0 Å². The maximum absolute atomic E-state index is 12.8. The van der Waals surface area contributed by atoms with Crippen LogP contribution in [0.1, 0.15) is 52.4 Å². The Morgan fingerprint density at radius 3 is 2.60 bits per heavy atom. The zero-order valence-electron chi connectivity index (χ0n) is 12.7. The van der Waals surface area contributed by atoms with Crippen LogP contribution in [0.5, 0.6) is 0 Å². The molecule has 5 nitrogen and oxygen atoms in total. The molecule has 0 aromatic carbocycles. The molecule has 1 aliphatic carbocycles. The molecule has 1 N–H and O–H groups in total. The topological polar surface area (TPSA) is 52.7 Å². The number of piperazine rings is 1. The third kappa shape index (κ3) is 3.32. The van der Waals surface area contributed by atoms with Gasteiger partial charge in [0.25, 0.3) is 0 Å². The van der Waals surface area contributed by atoms with E-state index >= 15 is 0 Å². The normalized spacial score (nSPS) is 23.9. The van der Waals surface area contributed by atoms with Gasteiger partial charge in [-0.2, -0.15) is 0 Å². The third-order valence-corrected chi connectivity index (χ3v) is 4.38. The van der Waals surface area contributed by atoms with Gasteiger partial charge in [-0.3, -0.25) is 9.69 Å². The summed E-state index contributed by atoms with van der Waals surface area (Å²) in [7, 11) is 0. The Hall–Kier alpha value is -1.10. The largest absolute Gasteiger partial charge is 0.327 e. The van der Waals surface area contributed by atoms with Gasteiger partial charge in [0.15, 0.2) is 0 Å². The Morgan fingerprint density at radius 1 is 1.30 bits per heavy atom. The van der Waals surface area contributed by atoms with Crippen LogP contribution in [0.3, 0.4) is 0 Å². The van der Waals surface area contributed by atoms with E-state index in [1.54, 1.807) is 4.90 Å².